The van der Waals surface area contributed by atoms with Gasteiger partial charge in [-0.15, -0.1) is 0 Å². The lowest BCUT2D eigenvalue weighted by Gasteiger charge is -2.41. The van der Waals surface area contributed by atoms with Gasteiger partial charge in [-0.25, -0.2) is 0 Å². The van der Waals surface area contributed by atoms with E-state index in [9.17, 15) is 0 Å². The SMILES string of the molecule is COc1ccc(Br)cc1CN1CCC2CCCCC2C1. The second kappa shape index (κ2) is 6.48. The monoisotopic (exact) mass is 337 g/mol. The molecular weight excluding hydrogens is 314 g/mol. The zero-order valence-electron chi connectivity index (χ0n) is 12.3. The normalized spacial score (nSPS) is 27.1. The molecule has 0 aromatic heterocycles. The molecule has 2 aliphatic rings. The molecule has 1 heterocycles. The fraction of sp³-hybridized carbons (Fsp3) is 0.647. The highest BCUT2D eigenvalue weighted by Gasteiger charge is 2.31. The summed E-state index contributed by atoms with van der Waals surface area (Å²) in [5.74, 6) is 2.96. The lowest BCUT2D eigenvalue weighted by Crippen LogP contribution is -2.41. The van der Waals surface area contributed by atoms with Gasteiger partial charge in [-0.05, 0) is 49.4 Å². The van der Waals surface area contributed by atoms with E-state index >= 15 is 0 Å². The molecule has 2 fully saturated rings. The highest BCUT2D eigenvalue weighted by Crippen LogP contribution is 2.37. The fourth-order valence-electron chi connectivity index (χ4n) is 3.93. The molecule has 2 nitrogen and oxygen atoms in total. The van der Waals surface area contributed by atoms with Crippen LogP contribution in [0.15, 0.2) is 22.7 Å². The lowest BCUT2D eigenvalue weighted by molar-refractivity contribution is 0.0815. The molecule has 3 rings (SSSR count). The molecular formula is C17H24BrNO. The Balaban J connectivity index is 1.67. The summed E-state index contributed by atoms with van der Waals surface area (Å²) in [4.78, 5) is 2.62. The van der Waals surface area contributed by atoms with E-state index in [0.717, 1.165) is 28.6 Å². The summed E-state index contributed by atoms with van der Waals surface area (Å²) in [6.45, 7) is 3.54. The number of likely N-dealkylation sites (tertiary alicyclic amines) is 1. The van der Waals surface area contributed by atoms with E-state index in [2.05, 4.69) is 39.0 Å². The van der Waals surface area contributed by atoms with Crippen molar-refractivity contribution < 1.29 is 4.74 Å². The van der Waals surface area contributed by atoms with Gasteiger partial charge in [0.1, 0.15) is 5.75 Å². The summed E-state index contributed by atoms with van der Waals surface area (Å²) in [6, 6.07) is 6.31. The second-order valence-corrected chi connectivity index (χ2v) is 7.20. The number of piperidine rings is 1. The Morgan fingerprint density at radius 2 is 2.00 bits per heavy atom. The molecule has 1 aliphatic carbocycles. The molecule has 1 saturated carbocycles. The summed E-state index contributed by atoms with van der Waals surface area (Å²) in [6.07, 6.45) is 7.20. The number of benzene rings is 1. The first kappa shape index (κ1) is 14.4. The minimum atomic E-state index is 0.940. The highest BCUT2D eigenvalue weighted by molar-refractivity contribution is 9.10. The molecule has 2 unspecified atom stereocenters. The standard InChI is InChI=1S/C17H24BrNO/c1-20-17-7-6-16(18)10-15(17)12-19-9-8-13-4-2-3-5-14(13)11-19/h6-7,10,13-14H,2-5,8-9,11-12H2,1H3. The molecule has 1 aliphatic heterocycles. The second-order valence-electron chi connectivity index (χ2n) is 6.28. The average molecular weight is 338 g/mol. The number of ether oxygens (including phenoxy) is 1. The summed E-state index contributed by atoms with van der Waals surface area (Å²) in [7, 11) is 1.76. The van der Waals surface area contributed by atoms with Gasteiger partial charge in [-0.1, -0.05) is 35.2 Å². The molecule has 0 radical (unpaired) electrons. The van der Waals surface area contributed by atoms with E-state index in [1.165, 1.54) is 50.8 Å². The Kier molecular flexibility index (Phi) is 4.67. The van der Waals surface area contributed by atoms with Crippen molar-refractivity contribution >= 4 is 15.9 Å². The number of halogens is 1. The van der Waals surface area contributed by atoms with E-state index in [0.29, 0.717) is 0 Å². The van der Waals surface area contributed by atoms with Crippen molar-refractivity contribution in [2.45, 2.75) is 38.6 Å². The van der Waals surface area contributed by atoms with Crippen LogP contribution in [0, 0.1) is 11.8 Å². The van der Waals surface area contributed by atoms with Gasteiger partial charge in [0.2, 0.25) is 0 Å². The molecule has 2 atom stereocenters. The predicted octanol–water partition coefficient (Wildman–Crippen LogP) is 4.47. The largest absolute Gasteiger partial charge is 0.496 e. The number of methoxy groups -OCH3 is 1. The Bertz CT molecular complexity index is 462. The van der Waals surface area contributed by atoms with Crippen LogP contribution in [0.1, 0.15) is 37.7 Å². The van der Waals surface area contributed by atoms with Gasteiger partial charge in [0, 0.05) is 23.1 Å². The van der Waals surface area contributed by atoms with Crippen LogP contribution in [-0.2, 0) is 6.54 Å². The summed E-state index contributed by atoms with van der Waals surface area (Å²) >= 11 is 3.57. The topological polar surface area (TPSA) is 12.5 Å². The van der Waals surface area contributed by atoms with Crippen LogP contribution in [0.2, 0.25) is 0 Å². The summed E-state index contributed by atoms with van der Waals surface area (Å²) in [5, 5.41) is 0. The third-order valence-corrected chi connectivity index (χ3v) is 5.50. The molecule has 110 valence electrons. The van der Waals surface area contributed by atoms with Crippen LogP contribution in [0.5, 0.6) is 5.75 Å². The zero-order valence-corrected chi connectivity index (χ0v) is 13.9. The lowest BCUT2D eigenvalue weighted by atomic mass is 9.75. The molecule has 1 saturated heterocycles. The molecule has 0 spiro atoms. The van der Waals surface area contributed by atoms with Gasteiger partial charge in [0.25, 0.3) is 0 Å². The van der Waals surface area contributed by atoms with Crippen LogP contribution < -0.4 is 4.74 Å². The van der Waals surface area contributed by atoms with Gasteiger partial charge in [0.05, 0.1) is 7.11 Å². The third kappa shape index (κ3) is 3.20. The molecule has 1 aromatic carbocycles. The Morgan fingerprint density at radius 3 is 2.80 bits per heavy atom. The van der Waals surface area contributed by atoms with E-state index in [1.807, 2.05) is 0 Å². The van der Waals surface area contributed by atoms with Gasteiger partial charge in [-0.2, -0.15) is 0 Å². The molecule has 1 aromatic rings. The van der Waals surface area contributed by atoms with Crippen molar-refractivity contribution in [2.75, 3.05) is 20.2 Å². The number of hydrogen-bond acceptors (Lipinski definition) is 2. The van der Waals surface area contributed by atoms with Crippen molar-refractivity contribution in [1.29, 1.82) is 0 Å². The van der Waals surface area contributed by atoms with Gasteiger partial charge in [-0.3, -0.25) is 4.90 Å². The number of hydrogen-bond donors (Lipinski definition) is 0. The van der Waals surface area contributed by atoms with Crippen LogP contribution in [0.3, 0.4) is 0 Å². The summed E-state index contributed by atoms with van der Waals surface area (Å²) < 4.78 is 6.64. The first-order valence-corrected chi connectivity index (χ1v) is 8.60. The first-order valence-electron chi connectivity index (χ1n) is 7.81. The van der Waals surface area contributed by atoms with Gasteiger partial charge >= 0.3 is 0 Å². The smallest absolute Gasteiger partial charge is 0.123 e. The maximum Gasteiger partial charge on any atom is 0.123 e. The number of fused-ring (bicyclic) bond motifs is 1. The Labute approximate surface area is 130 Å². The van der Waals surface area contributed by atoms with Gasteiger partial charge in [0.15, 0.2) is 0 Å². The van der Waals surface area contributed by atoms with Crippen molar-refractivity contribution in [3.8, 4) is 5.75 Å². The van der Waals surface area contributed by atoms with Crippen molar-refractivity contribution in [3.05, 3.63) is 28.2 Å². The van der Waals surface area contributed by atoms with Crippen molar-refractivity contribution in [1.82, 2.24) is 4.90 Å². The highest BCUT2D eigenvalue weighted by atomic mass is 79.9. The average Bonchev–Trinajstić information content (AvgIpc) is 2.47. The van der Waals surface area contributed by atoms with Gasteiger partial charge < -0.3 is 4.74 Å². The van der Waals surface area contributed by atoms with E-state index < -0.39 is 0 Å². The van der Waals surface area contributed by atoms with Crippen LogP contribution in [0.4, 0.5) is 0 Å². The van der Waals surface area contributed by atoms with E-state index in [1.54, 1.807) is 7.11 Å². The minimum absolute atomic E-state index is 0.940. The molecule has 20 heavy (non-hydrogen) atoms. The van der Waals surface area contributed by atoms with E-state index in [4.69, 9.17) is 4.74 Å². The first-order chi connectivity index (χ1) is 9.76. The van der Waals surface area contributed by atoms with Crippen LogP contribution in [0.25, 0.3) is 0 Å². The molecule has 0 amide bonds. The number of rotatable bonds is 3. The zero-order chi connectivity index (χ0) is 13.9. The number of nitrogens with zero attached hydrogens (tertiary/aromatic N) is 1. The quantitative estimate of drug-likeness (QED) is 0.806. The Hall–Kier alpha value is -0.540. The Morgan fingerprint density at radius 1 is 1.20 bits per heavy atom. The van der Waals surface area contributed by atoms with Crippen molar-refractivity contribution in [3.63, 3.8) is 0 Å². The maximum atomic E-state index is 5.50. The maximum absolute atomic E-state index is 5.50. The van der Waals surface area contributed by atoms with E-state index in [-0.39, 0.29) is 0 Å². The molecule has 3 heteroatoms. The van der Waals surface area contributed by atoms with Crippen LogP contribution in [-0.4, -0.2) is 25.1 Å². The minimum Gasteiger partial charge on any atom is -0.496 e. The molecule has 0 N–H and O–H groups in total. The predicted molar refractivity (Wildman–Crippen MR) is 86.0 cm³/mol. The molecule has 0 bridgehead atoms. The summed E-state index contributed by atoms with van der Waals surface area (Å²) in [5.41, 5.74) is 1.30. The van der Waals surface area contributed by atoms with Crippen LogP contribution >= 0.6 is 15.9 Å². The fourth-order valence-corrected chi connectivity index (χ4v) is 4.34. The third-order valence-electron chi connectivity index (χ3n) is 5.01. The van der Waals surface area contributed by atoms with Crippen molar-refractivity contribution in [2.24, 2.45) is 11.8 Å².